The van der Waals surface area contributed by atoms with E-state index in [1.165, 1.54) is 23.3 Å². The predicted molar refractivity (Wildman–Crippen MR) is 113 cm³/mol. The maximum Gasteiger partial charge on any atom is 0.273 e. The van der Waals surface area contributed by atoms with Crippen LogP contribution in [0.3, 0.4) is 0 Å². The number of piperidine rings is 1. The normalized spacial score (nSPS) is 19.8. The first-order valence-corrected chi connectivity index (χ1v) is 10.6. The number of likely N-dealkylation sites (tertiary alicyclic amines) is 1. The van der Waals surface area contributed by atoms with E-state index in [4.69, 9.17) is 9.15 Å². The average molecular weight is 412 g/mol. The van der Waals surface area contributed by atoms with Crippen molar-refractivity contribution in [1.82, 2.24) is 15.2 Å². The molecule has 152 valence electrons. The van der Waals surface area contributed by atoms with Crippen molar-refractivity contribution in [3.8, 4) is 16.4 Å². The van der Waals surface area contributed by atoms with Crippen LogP contribution in [-0.2, 0) is 0 Å². The molecule has 0 spiro atoms. The van der Waals surface area contributed by atoms with E-state index >= 15 is 0 Å². The van der Waals surface area contributed by atoms with Crippen molar-refractivity contribution >= 4 is 17.2 Å². The molecular weight excluding hydrogens is 386 g/mol. The molecule has 2 unspecified atom stereocenters. The highest BCUT2D eigenvalue weighted by atomic mass is 32.1. The quantitative estimate of drug-likeness (QED) is 0.658. The molecule has 1 aliphatic heterocycles. The molecule has 1 fully saturated rings. The molecule has 3 aromatic rings. The van der Waals surface area contributed by atoms with E-state index in [1.807, 2.05) is 29.6 Å². The molecule has 3 heterocycles. The Labute approximate surface area is 174 Å². The number of thiophene rings is 1. The van der Waals surface area contributed by atoms with Crippen LogP contribution >= 0.6 is 11.3 Å². The van der Waals surface area contributed by atoms with Crippen LogP contribution in [0.1, 0.15) is 34.9 Å². The van der Waals surface area contributed by atoms with Gasteiger partial charge in [0.15, 0.2) is 17.8 Å². The Morgan fingerprint density at radius 3 is 2.90 bits per heavy atom. The molecule has 0 saturated carbocycles. The van der Waals surface area contributed by atoms with Gasteiger partial charge in [-0.15, -0.1) is 11.3 Å². The van der Waals surface area contributed by atoms with Gasteiger partial charge in [0.2, 0.25) is 0 Å². The van der Waals surface area contributed by atoms with E-state index in [0.717, 1.165) is 30.0 Å². The highest BCUT2D eigenvalue weighted by Gasteiger charge is 2.31. The molecule has 1 saturated heterocycles. The third kappa shape index (κ3) is 4.21. The summed E-state index contributed by atoms with van der Waals surface area (Å²) >= 11 is 1.53. The lowest BCUT2D eigenvalue weighted by molar-refractivity contribution is 0.0887. The topological polar surface area (TPSA) is 67.6 Å². The Morgan fingerprint density at radius 1 is 1.34 bits per heavy atom. The van der Waals surface area contributed by atoms with E-state index in [0.29, 0.717) is 23.9 Å². The maximum absolute atomic E-state index is 12.8. The Hall–Kier alpha value is -2.64. The van der Waals surface area contributed by atoms with E-state index in [2.05, 4.69) is 34.4 Å². The third-order valence-corrected chi connectivity index (χ3v) is 6.39. The fourth-order valence-corrected chi connectivity index (χ4v) is 4.81. The van der Waals surface area contributed by atoms with Crippen LogP contribution in [0, 0.1) is 5.92 Å². The first-order chi connectivity index (χ1) is 14.2. The minimum absolute atomic E-state index is 0.191. The monoisotopic (exact) mass is 411 g/mol. The van der Waals surface area contributed by atoms with Crippen molar-refractivity contribution in [2.45, 2.75) is 18.9 Å². The molecule has 1 aliphatic rings. The summed E-state index contributed by atoms with van der Waals surface area (Å²) in [7, 11) is 3.82. The van der Waals surface area contributed by atoms with Gasteiger partial charge in [-0.1, -0.05) is 18.2 Å². The number of carbonyl (C=O) groups is 1. The largest absolute Gasteiger partial charge is 0.497 e. The molecule has 7 heteroatoms. The molecule has 2 aromatic heterocycles. The van der Waals surface area contributed by atoms with Gasteiger partial charge in [0.25, 0.3) is 5.91 Å². The number of methoxy groups -OCH3 is 1. The number of benzene rings is 1. The summed E-state index contributed by atoms with van der Waals surface area (Å²) in [5, 5.41) is 5.05. The van der Waals surface area contributed by atoms with E-state index in [9.17, 15) is 4.79 Å². The number of nitrogens with one attached hydrogen (secondary N) is 1. The maximum atomic E-state index is 12.8. The summed E-state index contributed by atoms with van der Waals surface area (Å²) < 4.78 is 10.8. The summed E-state index contributed by atoms with van der Waals surface area (Å²) in [5.41, 5.74) is 1.59. The Balaban J connectivity index is 1.47. The van der Waals surface area contributed by atoms with Crippen LogP contribution in [0.25, 0.3) is 10.6 Å². The van der Waals surface area contributed by atoms with Gasteiger partial charge in [0.1, 0.15) is 5.75 Å². The zero-order valence-corrected chi connectivity index (χ0v) is 17.4. The van der Waals surface area contributed by atoms with Gasteiger partial charge in [0, 0.05) is 12.6 Å². The van der Waals surface area contributed by atoms with Crippen LogP contribution in [0.15, 0.2) is 52.6 Å². The second kappa shape index (κ2) is 8.80. The molecular formula is C22H25N3O3S. The van der Waals surface area contributed by atoms with Crippen LogP contribution in [0.5, 0.6) is 5.75 Å². The summed E-state index contributed by atoms with van der Waals surface area (Å²) in [4.78, 5) is 20.2. The number of nitrogens with zero attached hydrogens (tertiary/aromatic N) is 2. The molecule has 1 N–H and O–H groups in total. The standard InChI is InChI=1S/C22H25N3O3S/c1-25-11-3-5-16(20(25)15-7-9-17(27-2)10-8-15)13-23-22(26)19-21(28-14-24-19)18-6-4-12-29-18/h4,6-10,12,14,16,20H,3,5,11,13H2,1-2H3,(H,23,26). The zero-order valence-electron chi connectivity index (χ0n) is 16.6. The smallest absolute Gasteiger partial charge is 0.273 e. The Kier molecular flexibility index (Phi) is 5.97. The number of amides is 1. The fraction of sp³-hybridized carbons (Fsp3) is 0.364. The highest BCUT2D eigenvalue weighted by Crippen LogP contribution is 2.35. The van der Waals surface area contributed by atoms with Crippen molar-refractivity contribution in [3.05, 3.63) is 59.4 Å². The SMILES string of the molecule is COc1ccc(C2C(CNC(=O)c3ncoc3-c3cccs3)CCCN2C)cc1. The van der Waals surface area contributed by atoms with Crippen LogP contribution in [0.4, 0.5) is 0 Å². The second-order valence-electron chi connectivity index (χ2n) is 7.32. The minimum Gasteiger partial charge on any atom is -0.497 e. The van der Waals surface area contributed by atoms with Gasteiger partial charge in [-0.2, -0.15) is 0 Å². The molecule has 29 heavy (non-hydrogen) atoms. The number of hydrogen-bond donors (Lipinski definition) is 1. The third-order valence-electron chi connectivity index (χ3n) is 5.52. The van der Waals surface area contributed by atoms with Crippen LogP contribution < -0.4 is 10.1 Å². The van der Waals surface area contributed by atoms with Gasteiger partial charge in [-0.3, -0.25) is 9.69 Å². The summed E-state index contributed by atoms with van der Waals surface area (Å²) in [6.45, 7) is 1.64. The van der Waals surface area contributed by atoms with Crippen molar-refractivity contribution in [2.75, 3.05) is 27.2 Å². The number of oxazole rings is 1. The van der Waals surface area contributed by atoms with Gasteiger partial charge in [-0.05, 0) is 61.5 Å². The van der Waals surface area contributed by atoms with E-state index in [-0.39, 0.29) is 11.9 Å². The lowest BCUT2D eigenvalue weighted by Crippen LogP contribution is -2.41. The molecule has 6 nitrogen and oxygen atoms in total. The highest BCUT2D eigenvalue weighted by molar-refractivity contribution is 7.13. The molecule has 1 amide bonds. The summed E-state index contributed by atoms with van der Waals surface area (Å²) in [6, 6.07) is 12.3. The molecule has 0 aliphatic carbocycles. The van der Waals surface area contributed by atoms with Gasteiger partial charge in [0.05, 0.1) is 12.0 Å². The van der Waals surface area contributed by atoms with Gasteiger partial charge >= 0.3 is 0 Å². The van der Waals surface area contributed by atoms with Crippen molar-refractivity contribution in [2.24, 2.45) is 5.92 Å². The van der Waals surface area contributed by atoms with Crippen molar-refractivity contribution in [1.29, 1.82) is 0 Å². The minimum atomic E-state index is -0.191. The zero-order chi connectivity index (χ0) is 20.2. The van der Waals surface area contributed by atoms with Gasteiger partial charge < -0.3 is 14.5 Å². The molecule has 2 atom stereocenters. The number of aromatic nitrogens is 1. The van der Waals surface area contributed by atoms with Crippen molar-refractivity contribution in [3.63, 3.8) is 0 Å². The molecule has 0 radical (unpaired) electrons. The predicted octanol–water partition coefficient (Wildman–Crippen LogP) is 4.22. The first kappa shape index (κ1) is 19.7. The number of rotatable bonds is 6. The van der Waals surface area contributed by atoms with Crippen LogP contribution in [-0.4, -0.2) is 43.0 Å². The summed E-state index contributed by atoms with van der Waals surface area (Å²) in [5.74, 6) is 1.52. The lowest BCUT2D eigenvalue weighted by Gasteiger charge is -2.39. The van der Waals surface area contributed by atoms with E-state index < -0.39 is 0 Å². The van der Waals surface area contributed by atoms with E-state index in [1.54, 1.807) is 7.11 Å². The molecule has 0 bridgehead atoms. The van der Waals surface area contributed by atoms with Crippen LogP contribution in [0.2, 0.25) is 0 Å². The Bertz CT molecular complexity index is 937. The first-order valence-electron chi connectivity index (χ1n) is 9.77. The molecule has 1 aromatic carbocycles. The Morgan fingerprint density at radius 2 is 2.17 bits per heavy atom. The lowest BCUT2D eigenvalue weighted by atomic mass is 9.85. The number of carbonyl (C=O) groups excluding carboxylic acids is 1. The fourth-order valence-electron chi connectivity index (χ4n) is 4.10. The van der Waals surface area contributed by atoms with Crippen molar-refractivity contribution < 1.29 is 13.9 Å². The average Bonchev–Trinajstić information content (AvgIpc) is 3.43. The number of hydrogen-bond acceptors (Lipinski definition) is 6. The second-order valence-corrected chi connectivity index (χ2v) is 8.27. The molecule has 4 rings (SSSR count). The number of ether oxygens (including phenoxy) is 1. The summed E-state index contributed by atoms with van der Waals surface area (Å²) in [6.07, 6.45) is 3.52. The van der Waals surface area contributed by atoms with Gasteiger partial charge in [-0.25, -0.2) is 4.98 Å².